The zero-order valence-corrected chi connectivity index (χ0v) is 11.4. The number of aromatic nitrogens is 2. The second-order valence-corrected chi connectivity index (χ2v) is 5.09. The van der Waals surface area contributed by atoms with E-state index in [1.165, 1.54) is 0 Å². The first-order valence-corrected chi connectivity index (χ1v) is 6.58. The van der Waals surface area contributed by atoms with E-state index in [1.54, 1.807) is 11.3 Å². The van der Waals surface area contributed by atoms with Crippen molar-refractivity contribution in [3.8, 4) is 11.4 Å². The van der Waals surface area contributed by atoms with Gasteiger partial charge >= 0.3 is 0 Å². The number of thiophene rings is 1. The lowest BCUT2D eigenvalue weighted by Crippen LogP contribution is -2.26. The van der Waals surface area contributed by atoms with Crippen LogP contribution in [0.1, 0.15) is 12.3 Å². The van der Waals surface area contributed by atoms with Crippen LogP contribution in [0.4, 0.5) is 0 Å². The Hall–Kier alpha value is -0.950. The lowest BCUT2D eigenvalue weighted by atomic mass is 10.3. The molecule has 1 atom stereocenters. The molecular weight excluding hydrogens is 272 g/mol. The summed E-state index contributed by atoms with van der Waals surface area (Å²) in [6, 6.07) is 2.28. The zero-order chi connectivity index (χ0) is 11.7. The monoisotopic (exact) mass is 286 g/mol. The van der Waals surface area contributed by atoms with Crippen molar-refractivity contribution in [3.05, 3.63) is 22.7 Å². The third kappa shape index (κ3) is 2.89. The molecule has 1 fully saturated rings. The van der Waals surface area contributed by atoms with Gasteiger partial charge in [-0.3, -0.25) is 4.90 Å². The molecule has 0 radical (unpaired) electrons. The number of hydrogen-bond acceptors (Lipinski definition) is 6. The minimum absolute atomic E-state index is 0. The van der Waals surface area contributed by atoms with Crippen molar-refractivity contribution >= 4 is 23.7 Å². The molecule has 1 aliphatic heterocycles. The summed E-state index contributed by atoms with van der Waals surface area (Å²) >= 11 is 1.63. The van der Waals surface area contributed by atoms with Crippen LogP contribution in [0.5, 0.6) is 0 Å². The third-order valence-electron chi connectivity index (χ3n) is 2.92. The number of halogens is 1. The molecule has 3 rings (SSSR count). The Morgan fingerprint density at radius 3 is 3.11 bits per heavy atom. The highest BCUT2D eigenvalue weighted by Crippen LogP contribution is 2.19. The fourth-order valence-corrected chi connectivity index (χ4v) is 2.66. The topological polar surface area (TPSA) is 68.2 Å². The molecule has 0 unspecified atom stereocenters. The molecule has 3 heterocycles. The van der Waals surface area contributed by atoms with Crippen molar-refractivity contribution in [2.75, 3.05) is 13.1 Å². The first-order valence-electron chi connectivity index (χ1n) is 5.64. The van der Waals surface area contributed by atoms with Crippen molar-refractivity contribution in [1.82, 2.24) is 15.0 Å². The summed E-state index contributed by atoms with van der Waals surface area (Å²) < 4.78 is 5.25. The predicted octanol–water partition coefficient (Wildman–Crippen LogP) is 1.75. The Morgan fingerprint density at radius 1 is 1.56 bits per heavy atom. The average molecular weight is 287 g/mol. The normalized spacial score (nSPS) is 19.9. The highest BCUT2D eigenvalue weighted by Gasteiger charge is 2.21. The molecule has 2 N–H and O–H groups in total. The fraction of sp³-hybridized carbons (Fsp3) is 0.455. The van der Waals surface area contributed by atoms with Crippen LogP contribution in [0, 0.1) is 0 Å². The molecule has 0 saturated carbocycles. The molecule has 0 spiro atoms. The standard InChI is InChI=1S/C11H14N4OS.ClH/c12-9-1-3-15(5-9)6-10-13-11(14-16-10)8-2-4-17-7-8;/h2,4,7,9H,1,3,5-6,12H2;1H/t9-;/m0./s1. The molecule has 98 valence electrons. The van der Waals surface area contributed by atoms with Gasteiger partial charge < -0.3 is 10.3 Å². The highest BCUT2D eigenvalue weighted by molar-refractivity contribution is 7.08. The summed E-state index contributed by atoms with van der Waals surface area (Å²) in [5, 5.41) is 8.00. The van der Waals surface area contributed by atoms with Gasteiger partial charge in [-0.1, -0.05) is 5.16 Å². The van der Waals surface area contributed by atoms with Crippen molar-refractivity contribution in [2.45, 2.75) is 19.0 Å². The predicted molar refractivity (Wildman–Crippen MR) is 72.7 cm³/mol. The molecule has 0 aliphatic carbocycles. The number of likely N-dealkylation sites (tertiary alicyclic amines) is 1. The van der Waals surface area contributed by atoms with Gasteiger partial charge in [-0.05, 0) is 17.9 Å². The van der Waals surface area contributed by atoms with E-state index < -0.39 is 0 Å². The maximum absolute atomic E-state index is 5.85. The van der Waals surface area contributed by atoms with Crippen LogP contribution in [0.2, 0.25) is 0 Å². The Kier molecular flexibility index (Phi) is 4.34. The SMILES string of the molecule is Cl.N[C@H]1CCN(Cc2nc(-c3ccsc3)no2)C1. The summed E-state index contributed by atoms with van der Waals surface area (Å²) in [6.07, 6.45) is 1.05. The first kappa shape index (κ1) is 13.5. The molecule has 2 aromatic rings. The van der Waals surface area contributed by atoms with E-state index in [4.69, 9.17) is 10.3 Å². The lowest BCUT2D eigenvalue weighted by Gasteiger charge is -2.10. The summed E-state index contributed by atoms with van der Waals surface area (Å²) in [6.45, 7) is 2.62. The zero-order valence-electron chi connectivity index (χ0n) is 9.78. The number of hydrogen-bond donors (Lipinski definition) is 1. The van der Waals surface area contributed by atoms with Gasteiger partial charge in [-0.15, -0.1) is 12.4 Å². The molecule has 0 bridgehead atoms. The summed E-state index contributed by atoms with van der Waals surface area (Å²) in [5.74, 6) is 1.34. The van der Waals surface area contributed by atoms with Crippen molar-refractivity contribution in [3.63, 3.8) is 0 Å². The van der Waals surface area contributed by atoms with Crippen LogP contribution in [0.3, 0.4) is 0 Å². The van der Waals surface area contributed by atoms with Gasteiger partial charge in [0.05, 0.1) is 6.54 Å². The summed E-state index contributed by atoms with van der Waals surface area (Å²) in [5.41, 5.74) is 6.87. The highest BCUT2D eigenvalue weighted by atomic mass is 35.5. The van der Waals surface area contributed by atoms with E-state index in [2.05, 4.69) is 15.0 Å². The second-order valence-electron chi connectivity index (χ2n) is 4.31. The Bertz CT molecular complexity index is 487. The van der Waals surface area contributed by atoms with Crippen molar-refractivity contribution < 1.29 is 4.52 Å². The van der Waals surface area contributed by atoms with Gasteiger partial charge in [0.15, 0.2) is 0 Å². The molecule has 18 heavy (non-hydrogen) atoms. The van der Waals surface area contributed by atoms with E-state index >= 15 is 0 Å². The molecular formula is C11H15ClN4OS. The number of nitrogens with two attached hydrogens (primary N) is 1. The van der Waals surface area contributed by atoms with Crippen LogP contribution in [-0.4, -0.2) is 34.2 Å². The first-order chi connectivity index (χ1) is 8.31. The van der Waals surface area contributed by atoms with E-state index in [-0.39, 0.29) is 18.4 Å². The quantitative estimate of drug-likeness (QED) is 0.931. The molecule has 1 aliphatic rings. The average Bonchev–Trinajstić information content (AvgIpc) is 3.00. The second kappa shape index (κ2) is 5.79. The Labute approximate surface area is 115 Å². The van der Waals surface area contributed by atoms with Gasteiger partial charge in [0.25, 0.3) is 0 Å². The molecule has 1 saturated heterocycles. The molecule has 0 aromatic carbocycles. The van der Waals surface area contributed by atoms with Crippen LogP contribution in [-0.2, 0) is 6.54 Å². The van der Waals surface area contributed by atoms with Crippen LogP contribution < -0.4 is 5.73 Å². The van der Waals surface area contributed by atoms with Gasteiger partial charge in [0.2, 0.25) is 11.7 Å². The van der Waals surface area contributed by atoms with Crippen LogP contribution in [0.25, 0.3) is 11.4 Å². The van der Waals surface area contributed by atoms with E-state index in [0.29, 0.717) is 18.3 Å². The summed E-state index contributed by atoms with van der Waals surface area (Å²) in [7, 11) is 0. The van der Waals surface area contributed by atoms with Gasteiger partial charge in [0, 0.05) is 30.1 Å². The van der Waals surface area contributed by atoms with Crippen LogP contribution >= 0.6 is 23.7 Å². The van der Waals surface area contributed by atoms with Gasteiger partial charge in [-0.25, -0.2) is 0 Å². The molecule has 2 aromatic heterocycles. The molecule has 5 nitrogen and oxygen atoms in total. The van der Waals surface area contributed by atoms with Crippen molar-refractivity contribution in [2.24, 2.45) is 5.73 Å². The minimum Gasteiger partial charge on any atom is -0.338 e. The van der Waals surface area contributed by atoms with Crippen LogP contribution in [0.15, 0.2) is 21.3 Å². The lowest BCUT2D eigenvalue weighted by molar-refractivity contribution is 0.265. The summed E-state index contributed by atoms with van der Waals surface area (Å²) in [4.78, 5) is 6.63. The van der Waals surface area contributed by atoms with E-state index in [9.17, 15) is 0 Å². The largest absolute Gasteiger partial charge is 0.338 e. The molecule has 0 amide bonds. The Morgan fingerprint density at radius 2 is 2.44 bits per heavy atom. The van der Waals surface area contributed by atoms with Gasteiger partial charge in [0.1, 0.15) is 0 Å². The minimum atomic E-state index is 0. The maximum atomic E-state index is 5.85. The number of nitrogens with zero attached hydrogens (tertiary/aromatic N) is 3. The fourth-order valence-electron chi connectivity index (χ4n) is 2.03. The molecule has 7 heteroatoms. The smallest absolute Gasteiger partial charge is 0.241 e. The van der Waals surface area contributed by atoms with E-state index in [1.807, 2.05) is 16.8 Å². The maximum Gasteiger partial charge on any atom is 0.241 e. The third-order valence-corrected chi connectivity index (χ3v) is 3.60. The van der Waals surface area contributed by atoms with Gasteiger partial charge in [-0.2, -0.15) is 16.3 Å². The number of rotatable bonds is 3. The van der Waals surface area contributed by atoms with Crippen molar-refractivity contribution in [1.29, 1.82) is 0 Å². The van der Waals surface area contributed by atoms with E-state index in [0.717, 1.165) is 25.1 Å². The Balaban J connectivity index is 0.00000120.